The Morgan fingerprint density at radius 3 is 2.43 bits per heavy atom. The first kappa shape index (κ1) is 7.49. The molecular weight excluding hydrogens is 103 g/mol. The van der Waals surface area contributed by atoms with Gasteiger partial charge in [-0.2, -0.15) is 0 Å². The van der Waals surface area contributed by atoms with Crippen molar-refractivity contribution >= 4 is 16.3 Å². The van der Waals surface area contributed by atoms with Gasteiger partial charge in [-0.1, -0.05) is 0 Å². The van der Waals surface area contributed by atoms with E-state index in [4.69, 9.17) is 4.74 Å². The standard InChI is InChI=1S/C5H11O.Al/c1-3-5-6-4-2;/h4H,3,5H2,1-2H3;/q;+2. The molecule has 0 amide bonds. The molecule has 38 valence electrons. The van der Waals surface area contributed by atoms with E-state index in [0.29, 0.717) is 4.97 Å². The monoisotopic (exact) mass is 114 g/mol. The fourth-order valence-electron chi connectivity index (χ4n) is 0.304. The third-order valence-electron chi connectivity index (χ3n) is 0.585. The van der Waals surface area contributed by atoms with E-state index in [2.05, 4.69) is 23.2 Å². The minimum absolute atomic E-state index is 0.319. The molecule has 0 aromatic heterocycles. The van der Waals surface area contributed by atoms with Crippen molar-refractivity contribution in [2.45, 2.75) is 25.2 Å². The molecule has 0 aliphatic carbocycles. The summed E-state index contributed by atoms with van der Waals surface area (Å²) in [6.45, 7) is 5.00. The quantitative estimate of drug-likeness (QED) is 0.496. The van der Waals surface area contributed by atoms with Crippen LogP contribution in [0.1, 0.15) is 20.3 Å². The molecule has 0 spiro atoms. The van der Waals surface area contributed by atoms with E-state index >= 15 is 0 Å². The van der Waals surface area contributed by atoms with Crippen molar-refractivity contribution in [1.29, 1.82) is 0 Å². The van der Waals surface area contributed by atoms with Gasteiger partial charge in [-0.3, -0.25) is 0 Å². The molecule has 0 radical (unpaired) electrons. The molecule has 1 atom stereocenters. The molecule has 0 heterocycles. The Morgan fingerprint density at radius 1 is 1.71 bits per heavy atom. The maximum absolute atomic E-state index is 5.15. The van der Waals surface area contributed by atoms with Crippen LogP contribution in [0.2, 0.25) is 0 Å². The van der Waals surface area contributed by atoms with Crippen molar-refractivity contribution in [2.75, 3.05) is 6.61 Å². The Bertz CT molecular complexity index is 37.1. The Balaban J connectivity index is 2.68. The number of ether oxygens (including phenoxy) is 1. The van der Waals surface area contributed by atoms with Crippen LogP contribution in [0.25, 0.3) is 0 Å². The average molecular weight is 114 g/mol. The zero-order valence-electron chi connectivity index (χ0n) is 4.98. The van der Waals surface area contributed by atoms with Crippen LogP contribution in [-0.4, -0.2) is 27.9 Å². The van der Waals surface area contributed by atoms with Crippen molar-refractivity contribution in [3.05, 3.63) is 0 Å². The zero-order chi connectivity index (χ0) is 5.70. The van der Waals surface area contributed by atoms with Gasteiger partial charge in [0.1, 0.15) is 0 Å². The zero-order valence-corrected chi connectivity index (χ0v) is 6.13. The number of hydrogen-bond donors (Lipinski definition) is 0. The van der Waals surface area contributed by atoms with Crippen LogP contribution < -0.4 is 0 Å². The van der Waals surface area contributed by atoms with Crippen LogP contribution in [0.3, 0.4) is 0 Å². The second-order valence-corrected chi connectivity index (χ2v) is 2.51. The third kappa shape index (κ3) is 6.49. The van der Waals surface area contributed by atoms with E-state index in [1.54, 1.807) is 0 Å². The summed E-state index contributed by atoms with van der Waals surface area (Å²) < 4.78 is 5.15. The van der Waals surface area contributed by atoms with Gasteiger partial charge in [-0.05, 0) is 0 Å². The first-order valence-electron chi connectivity index (χ1n) is 2.64. The van der Waals surface area contributed by atoms with Gasteiger partial charge in [0.15, 0.2) is 0 Å². The molecule has 2 heteroatoms. The van der Waals surface area contributed by atoms with Crippen LogP contribution in [0.4, 0.5) is 0 Å². The molecule has 0 bridgehead atoms. The molecule has 0 aliphatic heterocycles. The van der Waals surface area contributed by atoms with Crippen molar-refractivity contribution in [2.24, 2.45) is 0 Å². The first-order valence-corrected chi connectivity index (χ1v) is 3.31. The summed E-state index contributed by atoms with van der Waals surface area (Å²) >= 11 is 2.59. The van der Waals surface area contributed by atoms with E-state index in [0.717, 1.165) is 13.0 Å². The van der Waals surface area contributed by atoms with Crippen LogP contribution in [0, 0.1) is 0 Å². The second kappa shape index (κ2) is 4.65. The Morgan fingerprint density at radius 2 is 2.29 bits per heavy atom. The molecule has 0 aliphatic rings. The second-order valence-electron chi connectivity index (χ2n) is 1.58. The van der Waals surface area contributed by atoms with Gasteiger partial charge in [-0.25, -0.2) is 0 Å². The van der Waals surface area contributed by atoms with Gasteiger partial charge in [0.05, 0.1) is 0 Å². The van der Waals surface area contributed by atoms with Crippen LogP contribution in [0.15, 0.2) is 0 Å². The SMILES string of the molecule is CCCO[CH](C)[Al+2]. The van der Waals surface area contributed by atoms with Gasteiger partial charge < -0.3 is 0 Å². The van der Waals surface area contributed by atoms with Crippen molar-refractivity contribution in [3.8, 4) is 0 Å². The van der Waals surface area contributed by atoms with Crippen molar-refractivity contribution in [1.82, 2.24) is 0 Å². The normalized spacial score (nSPS) is 14.3. The fourth-order valence-corrected chi connectivity index (χ4v) is 0.440. The van der Waals surface area contributed by atoms with E-state index in [-0.39, 0.29) is 0 Å². The van der Waals surface area contributed by atoms with Gasteiger partial charge >= 0.3 is 52.9 Å². The van der Waals surface area contributed by atoms with Gasteiger partial charge in [-0.15, -0.1) is 0 Å². The summed E-state index contributed by atoms with van der Waals surface area (Å²) in [5.74, 6) is 0. The molecule has 7 heavy (non-hydrogen) atoms. The summed E-state index contributed by atoms with van der Waals surface area (Å²) in [4.78, 5) is 0.319. The van der Waals surface area contributed by atoms with E-state index in [1.807, 2.05) is 6.92 Å². The molecule has 0 saturated carbocycles. The van der Waals surface area contributed by atoms with E-state index < -0.39 is 0 Å². The van der Waals surface area contributed by atoms with Gasteiger partial charge in [0.2, 0.25) is 0 Å². The fraction of sp³-hybridized carbons (Fsp3) is 1.00. The molecule has 0 aromatic carbocycles. The van der Waals surface area contributed by atoms with E-state index in [9.17, 15) is 0 Å². The average Bonchev–Trinajstić information content (AvgIpc) is 1.61. The van der Waals surface area contributed by atoms with Crippen LogP contribution in [0.5, 0.6) is 0 Å². The molecule has 1 unspecified atom stereocenters. The van der Waals surface area contributed by atoms with E-state index in [1.165, 1.54) is 0 Å². The van der Waals surface area contributed by atoms with Gasteiger partial charge in [0.25, 0.3) is 0 Å². The van der Waals surface area contributed by atoms with Crippen LogP contribution >= 0.6 is 0 Å². The Hall–Kier alpha value is 0.492. The predicted octanol–water partition coefficient (Wildman–Crippen LogP) is 0.927. The van der Waals surface area contributed by atoms with Crippen molar-refractivity contribution in [3.63, 3.8) is 0 Å². The van der Waals surface area contributed by atoms with Gasteiger partial charge in [0, 0.05) is 0 Å². The third-order valence-corrected chi connectivity index (χ3v) is 0.777. The molecule has 0 N–H and O–H groups in total. The summed E-state index contributed by atoms with van der Waals surface area (Å²) in [6.07, 6.45) is 1.11. The maximum atomic E-state index is 5.15. The number of hydrogen-bond acceptors (Lipinski definition) is 1. The topological polar surface area (TPSA) is 9.23 Å². The summed E-state index contributed by atoms with van der Waals surface area (Å²) in [6, 6.07) is 0. The molecule has 0 rings (SSSR count). The molecule has 0 fully saturated rings. The predicted molar refractivity (Wildman–Crippen MR) is 31.5 cm³/mol. The Labute approximate surface area is 53.5 Å². The van der Waals surface area contributed by atoms with Crippen LogP contribution in [-0.2, 0) is 4.74 Å². The molecular formula is C5H11AlO+2. The summed E-state index contributed by atoms with van der Waals surface area (Å²) in [5.41, 5.74) is 0. The molecule has 0 saturated heterocycles. The molecule has 1 nitrogen and oxygen atoms in total. The summed E-state index contributed by atoms with van der Waals surface area (Å²) in [5, 5.41) is 0. The summed E-state index contributed by atoms with van der Waals surface area (Å²) in [7, 11) is 0. The number of rotatable bonds is 3. The molecule has 0 aromatic rings. The first-order chi connectivity index (χ1) is 3.27. The minimum atomic E-state index is 0.319. The Kier molecular flexibility index (Phi) is 4.97. The van der Waals surface area contributed by atoms with Crippen molar-refractivity contribution < 1.29 is 4.74 Å².